The van der Waals surface area contributed by atoms with Crippen molar-refractivity contribution in [2.24, 2.45) is 0 Å². The quantitative estimate of drug-likeness (QED) is 0.774. The molecule has 0 aliphatic rings. The molecular formula is C12H16N4. The van der Waals surface area contributed by atoms with E-state index >= 15 is 0 Å². The van der Waals surface area contributed by atoms with E-state index in [-0.39, 0.29) is 0 Å². The minimum atomic E-state index is 0.313. The van der Waals surface area contributed by atoms with Crippen molar-refractivity contribution in [2.75, 3.05) is 0 Å². The van der Waals surface area contributed by atoms with Gasteiger partial charge in [-0.2, -0.15) is 15.3 Å². The molecule has 0 aromatic carbocycles. The first-order valence-electron chi connectivity index (χ1n) is 5.59. The highest BCUT2D eigenvalue weighted by atomic mass is 15.1. The van der Waals surface area contributed by atoms with E-state index in [9.17, 15) is 0 Å². The third-order valence-corrected chi connectivity index (χ3v) is 2.60. The van der Waals surface area contributed by atoms with Crippen LogP contribution < -0.4 is 0 Å². The summed E-state index contributed by atoms with van der Waals surface area (Å²) in [6, 6.07) is 1.97. The third kappa shape index (κ3) is 1.75. The fourth-order valence-electron chi connectivity index (χ4n) is 1.75. The Morgan fingerprint density at radius 2 is 1.50 bits per heavy atom. The summed E-state index contributed by atoms with van der Waals surface area (Å²) in [4.78, 5) is 0. The molecule has 0 fully saturated rings. The molecule has 4 heteroatoms. The van der Waals surface area contributed by atoms with Crippen LogP contribution in [0.4, 0.5) is 0 Å². The van der Waals surface area contributed by atoms with Crippen LogP contribution >= 0.6 is 0 Å². The average molecular weight is 216 g/mol. The number of rotatable bonds is 2. The predicted octanol–water partition coefficient (Wildman–Crippen LogP) is 2.67. The Labute approximate surface area is 95.1 Å². The van der Waals surface area contributed by atoms with Crippen molar-refractivity contribution in [1.29, 1.82) is 0 Å². The minimum Gasteiger partial charge on any atom is -0.158 e. The Balaban J connectivity index is 2.77. The van der Waals surface area contributed by atoms with Crippen molar-refractivity contribution in [2.45, 2.75) is 39.5 Å². The van der Waals surface area contributed by atoms with Gasteiger partial charge in [-0.1, -0.05) is 27.7 Å². The molecule has 0 unspecified atom stereocenters. The maximum atomic E-state index is 4.31. The molecule has 2 heterocycles. The second kappa shape index (κ2) is 4.12. The van der Waals surface area contributed by atoms with Gasteiger partial charge in [0.25, 0.3) is 0 Å². The molecule has 0 spiro atoms. The lowest BCUT2D eigenvalue weighted by Gasteiger charge is -2.11. The summed E-state index contributed by atoms with van der Waals surface area (Å²) in [5.41, 5.74) is 2.80. The molecule has 0 atom stereocenters. The predicted molar refractivity (Wildman–Crippen MR) is 63.3 cm³/mol. The molecule has 0 saturated heterocycles. The van der Waals surface area contributed by atoms with E-state index in [0.717, 1.165) is 22.3 Å². The normalized spacial score (nSPS) is 11.6. The summed E-state index contributed by atoms with van der Waals surface area (Å²) in [5, 5.41) is 17.8. The third-order valence-electron chi connectivity index (χ3n) is 2.60. The Kier molecular flexibility index (Phi) is 2.81. The number of aromatic nitrogens is 4. The number of hydrogen-bond acceptors (Lipinski definition) is 4. The van der Waals surface area contributed by atoms with Gasteiger partial charge in [0.05, 0.1) is 17.6 Å². The molecule has 16 heavy (non-hydrogen) atoms. The highest BCUT2D eigenvalue weighted by Crippen LogP contribution is 2.25. The Bertz CT molecular complexity index is 459. The van der Waals surface area contributed by atoms with Crippen molar-refractivity contribution in [3.8, 4) is 0 Å². The molecule has 84 valence electrons. The van der Waals surface area contributed by atoms with Crippen molar-refractivity contribution < 1.29 is 0 Å². The fraction of sp³-hybridized carbons (Fsp3) is 0.500. The zero-order valence-electron chi connectivity index (χ0n) is 10.1. The van der Waals surface area contributed by atoms with Gasteiger partial charge in [0, 0.05) is 5.39 Å². The molecule has 0 bridgehead atoms. The Hall–Kier alpha value is -1.58. The van der Waals surface area contributed by atoms with Gasteiger partial charge in [-0.3, -0.25) is 0 Å². The van der Waals surface area contributed by atoms with Crippen molar-refractivity contribution in [3.63, 3.8) is 0 Å². The van der Waals surface area contributed by atoms with Crippen LogP contribution in [0.3, 0.4) is 0 Å². The second-order valence-electron chi connectivity index (χ2n) is 4.57. The van der Waals surface area contributed by atoms with Gasteiger partial charge >= 0.3 is 0 Å². The average Bonchev–Trinajstić information content (AvgIpc) is 2.27. The van der Waals surface area contributed by atoms with E-state index in [1.54, 1.807) is 6.20 Å². The lowest BCUT2D eigenvalue weighted by Crippen LogP contribution is -2.05. The molecule has 2 rings (SSSR count). The van der Waals surface area contributed by atoms with E-state index in [4.69, 9.17) is 0 Å². The zero-order valence-corrected chi connectivity index (χ0v) is 10.1. The summed E-state index contributed by atoms with van der Waals surface area (Å²) < 4.78 is 0. The Morgan fingerprint density at radius 3 is 2.12 bits per heavy atom. The van der Waals surface area contributed by atoms with Gasteiger partial charge in [0.1, 0.15) is 5.52 Å². The molecule has 2 aromatic heterocycles. The number of fused-ring (bicyclic) bond motifs is 1. The van der Waals surface area contributed by atoms with Gasteiger partial charge in [-0.25, -0.2) is 0 Å². The first kappa shape index (κ1) is 10.9. The highest BCUT2D eigenvalue weighted by molar-refractivity contribution is 5.82. The molecule has 0 aliphatic carbocycles. The van der Waals surface area contributed by atoms with Crippen LogP contribution in [-0.4, -0.2) is 20.4 Å². The van der Waals surface area contributed by atoms with Crippen molar-refractivity contribution in [3.05, 3.63) is 23.7 Å². The van der Waals surface area contributed by atoms with Gasteiger partial charge in [0.15, 0.2) is 0 Å². The van der Waals surface area contributed by atoms with Crippen LogP contribution in [0.5, 0.6) is 0 Å². The highest BCUT2D eigenvalue weighted by Gasteiger charge is 2.14. The first-order chi connectivity index (χ1) is 7.61. The van der Waals surface area contributed by atoms with E-state index < -0.39 is 0 Å². The van der Waals surface area contributed by atoms with Crippen LogP contribution in [0.25, 0.3) is 10.9 Å². The zero-order chi connectivity index (χ0) is 11.7. The molecule has 0 amide bonds. The Morgan fingerprint density at radius 1 is 0.875 bits per heavy atom. The van der Waals surface area contributed by atoms with E-state index in [2.05, 4.69) is 48.1 Å². The summed E-state index contributed by atoms with van der Waals surface area (Å²) in [6.45, 7) is 8.40. The van der Waals surface area contributed by atoms with Gasteiger partial charge < -0.3 is 0 Å². The second-order valence-corrected chi connectivity index (χ2v) is 4.57. The fourth-order valence-corrected chi connectivity index (χ4v) is 1.75. The van der Waals surface area contributed by atoms with Crippen LogP contribution in [0.1, 0.15) is 50.9 Å². The molecular weight excluding hydrogens is 200 g/mol. The van der Waals surface area contributed by atoms with Crippen LogP contribution in [0.2, 0.25) is 0 Å². The van der Waals surface area contributed by atoms with Crippen LogP contribution in [0, 0.1) is 0 Å². The largest absolute Gasteiger partial charge is 0.158 e. The monoisotopic (exact) mass is 216 g/mol. The molecule has 0 N–H and O–H groups in total. The molecule has 2 aromatic rings. The molecule has 0 aliphatic heterocycles. The van der Waals surface area contributed by atoms with Gasteiger partial charge in [-0.15, -0.1) is 5.10 Å². The molecule has 0 radical (unpaired) electrons. The number of hydrogen-bond donors (Lipinski definition) is 0. The SMILES string of the molecule is CC(C)c1nnc(C(C)C)c2nnccc12. The smallest absolute Gasteiger partial charge is 0.118 e. The maximum absolute atomic E-state index is 4.31. The summed E-state index contributed by atoms with van der Waals surface area (Å²) in [5.74, 6) is 0.660. The molecule has 4 nitrogen and oxygen atoms in total. The lowest BCUT2D eigenvalue weighted by atomic mass is 10.0. The van der Waals surface area contributed by atoms with E-state index in [0.29, 0.717) is 11.8 Å². The standard InChI is InChI=1S/C12H16N4/c1-7(2)10-9-5-6-13-14-12(9)11(8(3)4)16-15-10/h5-8H,1-4H3. The van der Waals surface area contributed by atoms with Crippen LogP contribution in [0.15, 0.2) is 12.3 Å². The van der Waals surface area contributed by atoms with E-state index in [1.165, 1.54) is 0 Å². The van der Waals surface area contributed by atoms with Crippen molar-refractivity contribution >= 4 is 10.9 Å². The summed E-state index contributed by atoms with van der Waals surface area (Å²) in [6.07, 6.45) is 1.71. The van der Waals surface area contributed by atoms with Crippen molar-refractivity contribution in [1.82, 2.24) is 20.4 Å². The minimum absolute atomic E-state index is 0.313. The maximum Gasteiger partial charge on any atom is 0.118 e. The van der Waals surface area contributed by atoms with Crippen LogP contribution in [-0.2, 0) is 0 Å². The lowest BCUT2D eigenvalue weighted by molar-refractivity contribution is 0.744. The van der Waals surface area contributed by atoms with Gasteiger partial charge in [0.2, 0.25) is 0 Å². The van der Waals surface area contributed by atoms with Gasteiger partial charge in [-0.05, 0) is 17.9 Å². The molecule has 0 saturated carbocycles. The van der Waals surface area contributed by atoms with E-state index in [1.807, 2.05) is 6.07 Å². The topological polar surface area (TPSA) is 51.6 Å². The first-order valence-corrected chi connectivity index (χ1v) is 5.59. The summed E-state index contributed by atoms with van der Waals surface area (Å²) in [7, 11) is 0. The summed E-state index contributed by atoms with van der Waals surface area (Å²) >= 11 is 0. The number of nitrogens with zero attached hydrogens (tertiary/aromatic N) is 4.